The molecule has 0 aliphatic rings. The van der Waals surface area contributed by atoms with Crippen molar-refractivity contribution < 1.29 is 23.1 Å². The lowest BCUT2D eigenvalue weighted by Gasteiger charge is -2.08. The molecular weight excluding hydrogens is 273 g/mol. The Bertz CT molecular complexity index is 630. The van der Waals surface area contributed by atoms with Crippen molar-refractivity contribution in [2.24, 2.45) is 0 Å². The number of benzene rings is 1. The van der Waals surface area contributed by atoms with Gasteiger partial charge >= 0.3 is 12.1 Å². The summed E-state index contributed by atoms with van der Waals surface area (Å²) in [7, 11) is 0. The highest BCUT2D eigenvalue weighted by atomic mass is 19.4. The molecule has 0 fully saturated rings. The lowest BCUT2D eigenvalue weighted by molar-refractivity contribution is -0.137. The van der Waals surface area contributed by atoms with Crippen LogP contribution < -0.4 is 0 Å². The van der Waals surface area contributed by atoms with Gasteiger partial charge in [-0.1, -0.05) is 6.92 Å². The van der Waals surface area contributed by atoms with Crippen LogP contribution in [-0.2, 0) is 12.6 Å². The van der Waals surface area contributed by atoms with E-state index in [1.807, 2.05) is 6.92 Å². The molecule has 0 amide bonds. The fraction of sp³-hybridized carbons (Fsp3) is 0.231. The van der Waals surface area contributed by atoms with Crippen molar-refractivity contribution >= 4 is 5.97 Å². The van der Waals surface area contributed by atoms with Gasteiger partial charge in [0.15, 0.2) is 5.69 Å². The number of hydrogen-bond donors (Lipinski definition) is 1. The van der Waals surface area contributed by atoms with Crippen LogP contribution in [0.3, 0.4) is 0 Å². The number of nitrogens with zero attached hydrogens (tertiary/aromatic N) is 2. The lowest BCUT2D eigenvalue weighted by Crippen LogP contribution is -2.09. The molecule has 0 aliphatic heterocycles. The summed E-state index contributed by atoms with van der Waals surface area (Å²) in [4.78, 5) is 11.1. The van der Waals surface area contributed by atoms with Gasteiger partial charge in [0.05, 0.1) is 16.9 Å². The summed E-state index contributed by atoms with van der Waals surface area (Å²) in [6.45, 7) is 1.81. The van der Waals surface area contributed by atoms with E-state index in [2.05, 4.69) is 5.10 Å². The van der Waals surface area contributed by atoms with Gasteiger partial charge in [0.1, 0.15) is 0 Å². The molecule has 1 heterocycles. The summed E-state index contributed by atoms with van der Waals surface area (Å²) in [5.41, 5.74) is -0.0417. The zero-order valence-corrected chi connectivity index (χ0v) is 10.5. The Morgan fingerprint density at radius 3 is 2.35 bits per heavy atom. The second kappa shape index (κ2) is 4.99. The fourth-order valence-electron chi connectivity index (χ4n) is 1.74. The van der Waals surface area contributed by atoms with E-state index in [4.69, 9.17) is 5.11 Å². The van der Waals surface area contributed by atoms with Gasteiger partial charge in [-0.3, -0.25) is 0 Å². The zero-order chi connectivity index (χ0) is 14.9. The third-order valence-corrected chi connectivity index (χ3v) is 2.78. The monoisotopic (exact) mass is 284 g/mol. The van der Waals surface area contributed by atoms with E-state index in [1.54, 1.807) is 0 Å². The number of hydrogen-bond acceptors (Lipinski definition) is 2. The first-order valence-electron chi connectivity index (χ1n) is 5.82. The zero-order valence-electron chi connectivity index (χ0n) is 10.5. The molecule has 1 aromatic heterocycles. The van der Waals surface area contributed by atoms with Gasteiger partial charge in [-0.2, -0.15) is 18.3 Å². The molecule has 0 saturated carbocycles. The van der Waals surface area contributed by atoms with Gasteiger partial charge < -0.3 is 5.11 Å². The first-order valence-corrected chi connectivity index (χ1v) is 5.82. The first-order chi connectivity index (χ1) is 9.32. The Morgan fingerprint density at radius 1 is 1.30 bits per heavy atom. The number of carboxylic acid groups (broad SMARTS) is 1. The van der Waals surface area contributed by atoms with Crippen LogP contribution in [0.15, 0.2) is 30.3 Å². The van der Waals surface area contributed by atoms with Gasteiger partial charge in [-0.25, -0.2) is 9.48 Å². The van der Waals surface area contributed by atoms with Crippen LogP contribution >= 0.6 is 0 Å². The van der Waals surface area contributed by atoms with Crippen molar-refractivity contribution in [2.45, 2.75) is 19.5 Å². The number of carbonyl (C=O) groups is 1. The van der Waals surface area contributed by atoms with Crippen LogP contribution in [0.5, 0.6) is 0 Å². The largest absolute Gasteiger partial charge is 0.477 e. The van der Waals surface area contributed by atoms with Crippen LogP contribution in [-0.4, -0.2) is 20.9 Å². The van der Waals surface area contributed by atoms with Crippen LogP contribution in [0.2, 0.25) is 0 Å². The van der Waals surface area contributed by atoms with Crippen molar-refractivity contribution in [1.82, 2.24) is 9.78 Å². The standard InChI is InChI=1S/C13H11F3N2O2/c1-2-9-7-11(12(19)20)18(17-9)10-5-3-8(4-6-10)13(14,15)16/h3-7H,2H2,1H3,(H,19,20). The van der Waals surface area contributed by atoms with E-state index in [-0.39, 0.29) is 11.4 Å². The van der Waals surface area contributed by atoms with E-state index in [0.717, 1.165) is 16.8 Å². The fourth-order valence-corrected chi connectivity index (χ4v) is 1.74. The highest BCUT2D eigenvalue weighted by Gasteiger charge is 2.30. The van der Waals surface area contributed by atoms with Crippen LogP contribution in [0.4, 0.5) is 13.2 Å². The number of aromatic nitrogens is 2. The van der Waals surface area contributed by atoms with Crippen LogP contribution in [0.25, 0.3) is 5.69 Å². The smallest absolute Gasteiger partial charge is 0.416 e. The highest BCUT2D eigenvalue weighted by Crippen LogP contribution is 2.29. The molecule has 0 spiro atoms. The summed E-state index contributed by atoms with van der Waals surface area (Å²) in [6, 6.07) is 5.59. The molecule has 0 atom stereocenters. The molecule has 0 saturated heterocycles. The summed E-state index contributed by atoms with van der Waals surface area (Å²) in [6.07, 6.45) is -3.89. The number of alkyl halides is 3. The van der Waals surface area contributed by atoms with E-state index >= 15 is 0 Å². The van der Waals surface area contributed by atoms with Gasteiger partial charge in [0.25, 0.3) is 0 Å². The molecule has 0 aliphatic carbocycles. The summed E-state index contributed by atoms with van der Waals surface area (Å²) >= 11 is 0. The molecule has 0 unspecified atom stereocenters. The van der Waals surface area contributed by atoms with Crippen LogP contribution in [0.1, 0.15) is 28.7 Å². The van der Waals surface area contributed by atoms with E-state index < -0.39 is 17.7 Å². The maximum absolute atomic E-state index is 12.5. The van der Waals surface area contributed by atoms with Crippen molar-refractivity contribution in [3.05, 3.63) is 47.3 Å². The Hall–Kier alpha value is -2.31. The van der Waals surface area contributed by atoms with E-state index in [9.17, 15) is 18.0 Å². The van der Waals surface area contributed by atoms with Crippen LogP contribution in [0, 0.1) is 0 Å². The van der Waals surface area contributed by atoms with Gasteiger partial charge in [-0.05, 0) is 36.8 Å². The van der Waals surface area contributed by atoms with Crippen molar-refractivity contribution in [2.75, 3.05) is 0 Å². The van der Waals surface area contributed by atoms with Gasteiger partial charge in [0, 0.05) is 0 Å². The maximum Gasteiger partial charge on any atom is 0.416 e. The molecule has 0 radical (unpaired) electrons. The van der Waals surface area contributed by atoms with E-state index in [0.29, 0.717) is 12.1 Å². The molecule has 0 bridgehead atoms. The van der Waals surface area contributed by atoms with Crippen molar-refractivity contribution in [3.63, 3.8) is 0 Å². The molecule has 2 rings (SSSR count). The molecule has 1 aromatic carbocycles. The summed E-state index contributed by atoms with van der Waals surface area (Å²) < 4.78 is 38.5. The summed E-state index contributed by atoms with van der Waals surface area (Å²) in [5.74, 6) is -1.18. The number of aryl methyl sites for hydroxylation is 1. The molecule has 2 aromatic rings. The second-order valence-electron chi connectivity index (χ2n) is 4.14. The minimum Gasteiger partial charge on any atom is -0.477 e. The molecule has 1 N–H and O–H groups in total. The Morgan fingerprint density at radius 2 is 1.90 bits per heavy atom. The molecular formula is C13H11F3N2O2. The first kappa shape index (κ1) is 14.1. The third kappa shape index (κ3) is 2.66. The van der Waals surface area contributed by atoms with Gasteiger partial charge in [-0.15, -0.1) is 0 Å². The van der Waals surface area contributed by atoms with Crippen molar-refractivity contribution in [1.29, 1.82) is 0 Å². The number of halogens is 3. The normalized spacial score (nSPS) is 11.6. The molecule has 106 valence electrons. The SMILES string of the molecule is CCc1cc(C(=O)O)n(-c2ccc(C(F)(F)F)cc2)n1. The second-order valence-corrected chi connectivity index (χ2v) is 4.14. The Kier molecular flexibility index (Phi) is 3.52. The molecule has 4 nitrogen and oxygen atoms in total. The number of rotatable bonds is 3. The predicted molar refractivity (Wildman–Crippen MR) is 64.9 cm³/mol. The Labute approximate surface area is 112 Å². The highest BCUT2D eigenvalue weighted by molar-refractivity contribution is 5.86. The predicted octanol–water partition coefficient (Wildman–Crippen LogP) is 3.15. The van der Waals surface area contributed by atoms with E-state index in [1.165, 1.54) is 18.2 Å². The average molecular weight is 284 g/mol. The minimum atomic E-state index is -4.42. The Balaban J connectivity index is 2.46. The molecule has 7 heteroatoms. The number of aromatic carboxylic acids is 1. The minimum absolute atomic E-state index is 0.0818. The number of carboxylic acids is 1. The summed E-state index contributed by atoms with van der Waals surface area (Å²) in [5, 5.41) is 13.1. The lowest BCUT2D eigenvalue weighted by atomic mass is 10.2. The topological polar surface area (TPSA) is 55.1 Å². The molecule has 20 heavy (non-hydrogen) atoms. The average Bonchev–Trinajstić information content (AvgIpc) is 2.82. The quantitative estimate of drug-likeness (QED) is 0.942. The maximum atomic E-state index is 12.5. The van der Waals surface area contributed by atoms with Gasteiger partial charge in [0.2, 0.25) is 0 Å². The third-order valence-electron chi connectivity index (χ3n) is 2.78. The van der Waals surface area contributed by atoms with Crippen molar-refractivity contribution in [3.8, 4) is 5.69 Å².